The summed E-state index contributed by atoms with van der Waals surface area (Å²) in [7, 11) is -2.34. The summed E-state index contributed by atoms with van der Waals surface area (Å²) in [5, 5.41) is 2.64. The molecule has 0 aliphatic carbocycles. The summed E-state index contributed by atoms with van der Waals surface area (Å²) in [6.45, 7) is 1.20. The van der Waals surface area contributed by atoms with E-state index in [2.05, 4.69) is 21.2 Å². The van der Waals surface area contributed by atoms with Crippen LogP contribution in [0.3, 0.4) is 0 Å². The lowest BCUT2D eigenvalue weighted by atomic mass is 10.3. The van der Waals surface area contributed by atoms with Gasteiger partial charge in [-0.15, -0.1) is 0 Å². The number of benzene rings is 3. The zero-order chi connectivity index (χ0) is 25.2. The fraction of sp³-hybridized carbons (Fsp3) is 0.120. The number of nitrogens with zero attached hydrogens (tertiary/aromatic N) is 3. The van der Waals surface area contributed by atoms with Crippen molar-refractivity contribution in [1.82, 2.24) is 9.36 Å². The van der Waals surface area contributed by atoms with Gasteiger partial charge >= 0.3 is 0 Å². The van der Waals surface area contributed by atoms with E-state index < -0.39 is 28.0 Å². The quantitative estimate of drug-likeness (QED) is 0.372. The fourth-order valence-electron chi connectivity index (χ4n) is 3.66. The van der Waals surface area contributed by atoms with Gasteiger partial charge in [0.1, 0.15) is 12.2 Å². The molecule has 180 valence electrons. The highest BCUT2D eigenvalue weighted by atomic mass is 79.9. The maximum atomic E-state index is 13.4. The van der Waals surface area contributed by atoms with E-state index in [1.807, 2.05) is 18.2 Å². The number of nitrogens with one attached hydrogen (secondary N) is 1. The zero-order valence-corrected chi connectivity index (χ0v) is 21.5. The fourth-order valence-corrected chi connectivity index (χ4v) is 5.37. The average Bonchev–Trinajstić information content (AvgIpc) is 3.07. The van der Waals surface area contributed by atoms with Crippen LogP contribution in [0.1, 0.15) is 5.69 Å². The number of halogens is 1. The number of anilines is 2. The van der Waals surface area contributed by atoms with Crippen LogP contribution in [-0.4, -0.2) is 30.2 Å². The monoisotopic (exact) mass is 554 g/mol. The molecule has 1 heterocycles. The predicted octanol–water partition coefficient (Wildman–Crippen LogP) is 4.08. The van der Waals surface area contributed by atoms with Crippen LogP contribution in [0.25, 0.3) is 5.69 Å². The van der Waals surface area contributed by atoms with Crippen LogP contribution in [-0.2, 0) is 21.9 Å². The Balaban J connectivity index is 1.68. The minimum absolute atomic E-state index is 0.0537. The highest BCUT2D eigenvalue weighted by molar-refractivity contribution is 9.10. The molecular formula is C25H23BrN4O4S. The molecule has 8 nitrogen and oxygen atoms in total. The topological polar surface area (TPSA) is 93.4 Å². The first-order chi connectivity index (χ1) is 16.7. The average molecular weight is 555 g/mol. The van der Waals surface area contributed by atoms with Gasteiger partial charge in [-0.3, -0.25) is 18.6 Å². The summed E-state index contributed by atoms with van der Waals surface area (Å²) in [6, 6.07) is 23.5. The molecule has 35 heavy (non-hydrogen) atoms. The van der Waals surface area contributed by atoms with Gasteiger partial charge in [0.25, 0.3) is 15.6 Å². The molecule has 4 aromatic rings. The van der Waals surface area contributed by atoms with Crippen LogP contribution in [0.4, 0.5) is 11.4 Å². The summed E-state index contributed by atoms with van der Waals surface area (Å²) in [6.07, 6.45) is 0. The molecule has 0 fully saturated rings. The Morgan fingerprint density at radius 3 is 2.11 bits per heavy atom. The van der Waals surface area contributed by atoms with Gasteiger partial charge in [-0.1, -0.05) is 52.3 Å². The Morgan fingerprint density at radius 1 is 0.943 bits per heavy atom. The molecular weight excluding hydrogens is 532 g/mol. The van der Waals surface area contributed by atoms with Gasteiger partial charge in [0.2, 0.25) is 5.91 Å². The molecule has 0 spiro atoms. The van der Waals surface area contributed by atoms with Gasteiger partial charge in [-0.05, 0) is 55.5 Å². The molecule has 0 unspecified atom stereocenters. The maximum absolute atomic E-state index is 13.4. The van der Waals surface area contributed by atoms with Crippen molar-refractivity contribution >= 4 is 43.2 Å². The van der Waals surface area contributed by atoms with Crippen molar-refractivity contribution in [2.75, 3.05) is 16.2 Å². The molecule has 0 saturated carbocycles. The summed E-state index contributed by atoms with van der Waals surface area (Å²) < 4.78 is 31.8. The van der Waals surface area contributed by atoms with E-state index in [0.717, 1.165) is 8.78 Å². The van der Waals surface area contributed by atoms with E-state index in [-0.39, 0.29) is 10.6 Å². The normalized spacial score (nSPS) is 11.3. The van der Waals surface area contributed by atoms with Crippen LogP contribution in [0.5, 0.6) is 0 Å². The molecule has 4 rings (SSSR count). The lowest BCUT2D eigenvalue weighted by Crippen LogP contribution is -2.38. The molecule has 10 heteroatoms. The van der Waals surface area contributed by atoms with Gasteiger partial charge in [0, 0.05) is 11.5 Å². The van der Waals surface area contributed by atoms with Crippen molar-refractivity contribution < 1.29 is 13.2 Å². The summed E-state index contributed by atoms with van der Waals surface area (Å²) in [5.74, 6) is -0.640. The van der Waals surface area contributed by atoms with E-state index in [1.54, 1.807) is 73.3 Å². The van der Waals surface area contributed by atoms with E-state index in [4.69, 9.17) is 0 Å². The third kappa shape index (κ3) is 4.94. The lowest BCUT2D eigenvalue weighted by molar-refractivity contribution is -0.114. The Morgan fingerprint density at radius 2 is 1.51 bits per heavy atom. The molecule has 0 bridgehead atoms. The molecule has 0 atom stereocenters. The summed E-state index contributed by atoms with van der Waals surface area (Å²) >= 11 is 3.34. The first-order valence-corrected chi connectivity index (χ1v) is 12.9. The molecule has 0 aliphatic heterocycles. The number of rotatable bonds is 7. The first-order valence-electron chi connectivity index (χ1n) is 10.7. The zero-order valence-electron chi connectivity index (χ0n) is 19.1. The van der Waals surface area contributed by atoms with Gasteiger partial charge < -0.3 is 5.32 Å². The minimum atomic E-state index is -4.05. The number of hydrogen-bond acceptors (Lipinski definition) is 4. The number of aromatic nitrogens is 2. The smallest absolute Gasteiger partial charge is 0.295 e. The second kappa shape index (κ2) is 9.93. The van der Waals surface area contributed by atoms with Crippen molar-refractivity contribution in [3.63, 3.8) is 0 Å². The standard InChI is InChI=1S/C25H23BrN4O4S/c1-18-24(25(32)30(28(18)2)21-9-5-3-6-10-21)27-23(31)17-29(20-15-13-19(26)14-16-20)35(33,34)22-11-7-4-8-12-22/h3-16H,17H2,1-2H3,(H,27,31). The lowest BCUT2D eigenvalue weighted by Gasteiger charge is -2.24. The van der Waals surface area contributed by atoms with E-state index in [9.17, 15) is 18.0 Å². The number of hydrogen-bond donors (Lipinski definition) is 1. The molecule has 0 aliphatic rings. The Hall–Kier alpha value is -3.63. The molecule has 1 aromatic heterocycles. The molecule has 0 saturated heterocycles. The number of amides is 1. The van der Waals surface area contributed by atoms with Crippen LogP contribution >= 0.6 is 15.9 Å². The van der Waals surface area contributed by atoms with Gasteiger partial charge in [-0.25, -0.2) is 13.1 Å². The summed E-state index contributed by atoms with van der Waals surface area (Å²) in [5.41, 5.74) is 1.18. The molecule has 1 amide bonds. The molecule has 1 N–H and O–H groups in total. The highest BCUT2D eigenvalue weighted by Gasteiger charge is 2.28. The molecule has 0 radical (unpaired) electrons. The van der Waals surface area contributed by atoms with Crippen molar-refractivity contribution in [2.24, 2.45) is 7.05 Å². The van der Waals surface area contributed by atoms with Crippen LogP contribution in [0.15, 0.2) is 99.1 Å². The van der Waals surface area contributed by atoms with Crippen LogP contribution in [0, 0.1) is 6.92 Å². The largest absolute Gasteiger partial charge is 0.318 e. The number of carbonyl (C=O) groups is 1. The number of carbonyl (C=O) groups excluding carboxylic acids is 1. The second-order valence-corrected chi connectivity index (χ2v) is 10.6. The summed E-state index contributed by atoms with van der Waals surface area (Å²) in [4.78, 5) is 26.3. The van der Waals surface area contributed by atoms with Gasteiger partial charge in [0.05, 0.1) is 22.0 Å². The van der Waals surface area contributed by atoms with Gasteiger partial charge in [0.15, 0.2) is 0 Å². The Bertz CT molecular complexity index is 1510. The third-order valence-corrected chi connectivity index (χ3v) is 7.87. The van der Waals surface area contributed by atoms with Crippen molar-refractivity contribution in [1.29, 1.82) is 0 Å². The van der Waals surface area contributed by atoms with Crippen molar-refractivity contribution in [3.05, 3.63) is 105 Å². The number of sulfonamides is 1. The van der Waals surface area contributed by atoms with Crippen molar-refractivity contribution in [3.8, 4) is 5.69 Å². The third-order valence-electron chi connectivity index (χ3n) is 5.55. The van der Waals surface area contributed by atoms with E-state index in [1.165, 1.54) is 16.8 Å². The minimum Gasteiger partial charge on any atom is -0.318 e. The van der Waals surface area contributed by atoms with Crippen molar-refractivity contribution in [2.45, 2.75) is 11.8 Å². The number of para-hydroxylation sites is 1. The maximum Gasteiger partial charge on any atom is 0.295 e. The first kappa shape index (κ1) is 24.5. The second-order valence-electron chi connectivity index (χ2n) is 7.79. The van der Waals surface area contributed by atoms with Crippen LogP contribution in [0.2, 0.25) is 0 Å². The predicted molar refractivity (Wildman–Crippen MR) is 139 cm³/mol. The molecule has 3 aromatic carbocycles. The Kier molecular flexibility index (Phi) is 6.95. The van der Waals surface area contributed by atoms with Crippen LogP contribution < -0.4 is 15.2 Å². The van der Waals surface area contributed by atoms with E-state index in [0.29, 0.717) is 17.1 Å². The van der Waals surface area contributed by atoms with E-state index >= 15 is 0 Å². The Labute approximate surface area is 211 Å². The highest BCUT2D eigenvalue weighted by Crippen LogP contribution is 2.25. The van der Waals surface area contributed by atoms with Gasteiger partial charge in [-0.2, -0.15) is 0 Å². The SMILES string of the molecule is Cc1c(NC(=O)CN(c2ccc(Br)cc2)S(=O)(=O)c2ccccc2)c(=O)n(-c2ccccc2)n1C.